The van der Waals surface area contributed by atoms with Crippen molar-refractivity contribution in [2.45, 2.75) is 46.7 Å². The zero-order valence-corrected chi connectivity index (χ0v) is 12.2. The van der Waals surface area contributed by atoms with Crippen molar-refractivity contribution in [3.05, 3.63) is 21.8 Å². The van der Waals surface area contributed by atoms with E-state index in [1.807, 2.05) is 11.6 Å². The van der Waals surface area contributed by atoms with Gasteiger partial charge in [0.2, 0.25) is 0 Å². The second-order valence-corrected chi connectivity index (χ2v) is 5.34. The Balaban J connectivity index is 2.43. The van der Waals surface area contributed by atoms with Gasteiger partial charge in [-0.3, -0.25) is 4.68 Å². The molecule has 18 heavy (non-hydrogen) atoms. The Kier molecular flexibility index (Phi) is 3.82. The van der Waals surface area contributed by atoms with E-state index in [0.717, 1.165) is 34.9 Å². The Bertz CT molecular complexity index is 541. The third-order valence-corrected chi connectivity index (χ3v) is 4.19. The van der Waals surface area contributed by atoms with Gasteiger partial charge in [-0.05, 0) is 27.2 Å². The summed E-state index contributed by atoms with van der Waals surface area (Å²) >= 11 is 1.64. The van der Waals surface area contributed by atoms with Gasteiger partial charge in [0.1, 0.15) is 5.01 Å². The normalized spacial score (nSPS) is 12.9. The predicted molar refractivity (Wildman–Crippen MR) is 75.7 cm³/mol. The summed E-state index contributed by atoms with van der Waals surface area (Å²) in [4.78, 5) is 4.66. The summed E-state index contributed by atoms with van der Waals surface area (Å²) in [6.07, 6.45) is 0.916. The molecule has 4 nitrogen and oxygen atoms in total. The Morgan fingerprint density at radius 1 is 1.39 bits per heavy atom. The summed E-state index contributed by atoms with van der Waals surface area (Å²) in [5, 5.41) is 7.62. The molecule has 1 unspecified atom stereocenters. The lowest BCUT2D eigenvalue weighted by Gasteiger charge is -2.03. The smallest absolute Gasteiger partial charge is 0.110 e. The second kappa shape index (κ2) is 5.20. The lowest BCUT2D eigenvalue weighted by molar-refractivity contribution is 0.634. The van der Waals surface area contributed by atoms with Crippen molar-refractivity contribution in [3.63, 3.8) is 0 Å². The Hall–Kier alpha value is -1.20. The van der Waals surface area contributed by atoms with E-state index in [2.05, 4.69) is 36.2 Å². The summed E-state index contributed by atoms with van der Waals surface area (Å²) in [5.41, 5.74) is 10.4. The molecule has 98 valence electrons. The molecule has 5 heteroatoms. The first kappa shape index (κ1) is 13.2. The Labute approximate surface area is 112 Å². The van der Waals surface area contributed by atoms with Crippen molar-refractivity contribution in [2.24, 2.45) is 5.73 Å². The Morgan fingerprint density at radius 3 is 2.67 bits per heavy atom. The highest BCUT2D eigenvalue weighted by molar-refractivity contribution is 7.10. The van der Waals surface area contributed by atoms with Crippen LogP contribution in [0, 0.1) is 13.8 Å². The maximum Gasteiger partial charge on any atom is 0.110 e. The fraction of sp³-hybridized carbons (Fsp3) is 0.538. The molecule has 0 aromatic carbocycles. The lowest BCUT2D eigenvalue weighted by atomic mass is 10.1. The van der Waals surface area contributed by atoms with Gasteiger partial charge in [0, 0.05) is 23.2 Å². The summed E-state index contributed by atoms with van der Waals surface area (Å²) in [6, 6.07) is 0.0468. The number of hydrogen-bond acceptors (Lipinski definition) is 4. The van der Waals surface area contributed by atoms with E-state index < -0.39 is 0 Å². The molecule has 0 fully saturated rings. The first-order chi connectivity index (χ1) is 8.58. The van der Waals surface area contributed by atoms with Gasteiger partial charge in [-0.25, -0.2) is 4.98 Å². The molecule has 2 N–H and O–H groups in total. The summed E-state index contributed by atoms with van der Waals surface area (Å²) in [6.45, 7) is 9.20. The minimum atomic E-state index is 0.0468. The molecule has 2 heterocycles. The monoisotopic (exact) mass is 264 g/mol. The highest BCUT2D eigenvalue weighted by atomic mass is 32.1. The molecule has 0 saturated heterocycles. The summed E-state index contributed by atoms with van der Waals surface area (Å²) in [7, 11) is 0. The number of aryl methyl sites for hydroxylation is 2. The van der Waals surface area contributed by atoms with Gasteiger partial charge in [0.25, 0.3) is 0 Å². The summed E-state index contributed by atoms with van der Waals surface area (Å²) in [5.74, 6) is 0. The van der Waals surface area contributed by atoms with E-state index >= 15 is 0 Å². The van der Waals surface area contributed by atoms with Crippen LogP contribution in [0.25, 0.3) is 11.3 Å². The molecule has 0 aliphatic rings. The number of nitrogens with zero attached hydrogens (tertiary/aromatic N) is 3. The van der Waals surface area contributed by atoms with Crippen LogP contribution in [0.2, 0.25) is 0 Å². The van der Waals surface area contributed by atoms with E-state index in [4.69, 9.17) is 5.73 Å². The average Bonchev–Trinajstić information content (AvgIpc) is 2.93. The van der Waals surface area contributed by atoms with Gasteiger partial charge in [-0.1, -0.05) is 6.92 Å². The molecule has 1 atom stereocenters. The first-order valence-corrected chi connectivity index (χ1v) is 7.21. The second-order valence-electron chi connectivity index (χ2n) is 4.45. The minimum absolute atomic E-state index is 0.0468. The van der Waals surface area contributed by atoms with Crippen molar-refractivity contribution in [1.82, 2.24) is 14.8 Å². The molecule has 0 radical (unpaired) electrons. The number of rotatable bonds is 4. The van der Waals surface area contributed by atoms with Gasteiger partial charge in [-0.2, -0.15) is 5.10 Å². The maximum atomic E-state index is 6.02. The first-order valence-electron chi connectivity index (χ1n) is 6.33. The van der Waals surface area contributed by atoms with Crippen LogP contribution in [0.4, 0.5) is 0 Å². The zero-order valence-electron chi connectivity index (χ0n) is 11.4. The molecular formula is C13H20N4S. The zero-order chi connectivity index (χ0) is 13.3. The van der Waals surface area contributed by atoms with Crippen molar-refractivity contribution in [3.8, 4) is 11.3 Å². The van der Waals surface area contributed by atoms with Gasteiger partial charge in [0.05, 0.1) is 17.4 Å². The molecule has 0 aliphatic carbocycles. The van der Waals surface area contributed by atoms with E-state index in [1.54, 1.807) is 11.3 Å². The fourth-order valence-corrected chi connectivity index (χ4v) is 3.02. The van der Waals surface area contributed by atoms with Crippen LogP contribution in [0.5, 0.6) is 0 Å². The average molecular weight is 264 g/mol. The highest BCUT2D eigenvalue weighted by Crippen LogP contribution is 2.30. The molecule has 2 aromatic rings. The Morgan fingerprint density at radius 2 is 2.11 bits per heavy atom. The van der Waals surface area contributed by atoms with Gasteiger partial charge < -0.3 is 5.73 Å². The van der Waals surface area contributed by atoms with Crippen LogP contribution >= 0.6 is 11.3 Å². The third kappa shape index (κ3) is 2.20. The molecule has 0 bridgehead atoms. The number of thiazole rings is 1. The molecule has 0 aliphatic heterocycles. The summed E-state index contributed by atoms with van der Waals surface area (Å²) < 4.78 is 2.02. The van der Waals surface area contributed by atoms with E-state index in [9.17, 15) is 0 Å². The SMILES string of the molecule is CCC(N)c1nc(-c2c(C)nn(CC)c2C)cs1. The lowest BCUT2D eigenvalue weighted by Crippen LogP contribution is -2.07. The molecule has 0 saturated carbocycles. The molecule has 0 amide bonds. The maximum absolute atomic E-state index is 6.02. The number of nitrogens with two attached hydrogens (primary N) is 1. The van der Waals surface area contributed by atoms with E-state index in [0.29, 0.717) is 0 Å². The van der Waals surface area contributed by atoms with Gasteiger partial charge in [0.15, 0.2) is 0 Å². The van der Waals surface area contributed by atoms with E-state index in [-0.39, 0.29) is 6.04 Å². The standard InChI is InChI=1S/C13H20N4S/c1-5-10(14)13-15-11(7-18-13)12-8(3)16-17(6-2)9(12)4/h7,10H,5-6,14H2,1-4H3. The molecule has 2 aromatic heterocycles. The van der Waals surface area contributed by atoms with Crippen LogP contribution in [0.15, 0.2) is 5.38 Å². The van der Waals surface area contributed by atoms with Crippen LogP contribution in [-0.4, -0.2) is 14.8 Å². The highest BCUT2D eigenvalue weighted by Gasteiger charge is 2.17. The fourth-order valence-electron chi connectivity index (χ4n) is 2.12. The van der Waals surface area contributed by atoms with Crippen molar-refractivity contribution in [2.75, 3.05) is 0 Å². The molecule has 2 rings (SSSR count). The van der Waals surface area contributed by atoms with Crippen molar-refractivity contribution >= 4 is 11.3 Å². The van der Waals surface area contributed by atoms with E-state index in [1.165, 1.54) is 5.69 Å². The molecule has 0 spiro atoms. The van der Waals surface area contributed by atoms with Gasteiger partial charge in [-0.15, -0.1) is 11.3 Å². The third-order valence-electron chi connectivity index (χ3n) is 3.22. The van der Waals surface area contributed by atoms with Crippen molar-refractivity contribution < 1.29 is 0 Å². The number of aromatic nitrogens is 3. The largest absolute Gasteiger partial charge is 0.322 e. The van der Waals surface area contributed by atoms with Crippen LogP contribution in [0.3, 0.4) is 0 Å². The predicted octanol–water partition coefficient (Wildman–Crippen LogP) is 3.05. The van der Waals surface area contributed by atoms with Gasteiger partial charge >= 0.3 is 0 Å². The minimum Gasteiger partial charge on any atom is -0.322 e. The topological polar surface area (TPSA) is 56.7 Å². The van der Waals surface area contributed by atoms with Crippen molar-refractivity contribution in [1.29, 1.82) is 0 Å². The van der Waals surface area contributed by atoms with Crippen LogP contribution in [0.1, 0.15) is 42.7 Å². The van der Waals surface area contributed by atoms with Crippen LogP contribution in [-0.2, 0) is 6.54 Å². The number of hydrogen-bond donors (Lipinski definition) is 1. The molecular weight excluding hydrogens is 244 g/mol. The quantitative estimate of drug-likeness (QED) is 0.923. The van der Waals surface area contributed by atoms with Crippen LogP contribution < -0.4 is 5.73 Å².